The average molecular weight is 273 g/mol. The Bertz CT molecular complexity index is 621. The third-order valence-corrected chi connectivity index (χ3v) is 2.96. The van der Waals surface area contributed by atoms with Gasteiger partial charge in [0.05, 0.1) is 5.69 Å². The van der Waals surface area contributed by atoms with Gasteiger partial charge in [-0.3, -0.25) is 0 Å². The number of hydrogen-bond acceptors (Lipinski definition) is 3. The van der Waals surface area contributed by atoms with Gasteiger partial charge in [0, 0.05) is 5.56 Å². The van der Waals surface area contributed by atoms with Crippen LogP contribution in [0.2, 0.25) is 0 Å². The number of hydrogen-bond donors (Lipinski definition) is 1. The number of carboxylic acids is 1. The number of benzene rings is 1. The topological polar surface area (TPSA) is 63.3 Å². The van der Waals surface area contributed by atoms with Crippen LogP contribution in [-0.4, -0.2) is 16.1 Å². The number of carbonyl (C=O) groups is 1. The molecule has 2 rings (SSSR count). The molecule has 0 unspecified atom stereocenters. The SMILES string of the molecule is Cc1cc(C)cc(-c2nc(CC(C)C)c(C(=O)O)o2)c1. The molecular weight excluding hydrogens is 254 g/mol. The Morgan fingerprint density at radius 1 is 1.25 bits per heavy atom. The van der Waals surface area contributed by atoms with Gasteiger partial charge in [-0.05, 0) is 38.3 Å². The van der Waals surface area contributed by atoms with E-state index in [1.807, 2.05) is 39.8 Å². The predicted octanol–water partition coefficient (Wildman–Crippen LogP) is 3.86. The molecule has 0 bridgehead atoms. The van der Waals surface area contributed by atoms with Crippen LogP contribution in [0.5, 0.6) is 0 Å². The second-order valence-corrected chi connectivity index (χ2v) is 5.57. The lowest BCUT2D eigenvalue weighted by atomic mass is 10.1. The van der Waals surface area contributed by atoms with Gasteiger partial charge in [0.1, 0.15) is 0 Å². The maximum atomic E-state index is 11.2. The molecule has 0 radical (unpaired) electrons. The maximum Gasteiger partial charge on any atom is 0.373 e. The molecule has 0 atom stereocenters. The van der Waals surface area contributed by atoms with E-state index < -0.39 is 5.97 Å². The van der Waals surface area contributed by atoms with E-state index in [1.165, 1.54) is 0 Å². The molecular formula is C16H19NO3. The number of aromatic carboxylic acids is 1. The molecule has 0 aliphatic heterocycles. The number of carboxylic acid groups (broad SMARTS) is 1. The van der Waals surface area contributed by atoms with Crippen molar-refractivity contribution >= 4 is 5.97 Å². The summed E-state index contributed by atoms with van der Waals surface area (Å²) in [5, 5.41) is 9.21. The fourth-order valence-electron chi connectivity index (χ4n) is 2.27. The van der Waals surface area contributed by atoms with Crippen molar-refractivity contribution in [1.82, 2.24) is 4.98 Å². The van der Waals surface area contributed by atoms with Crippen LogP contribution < -0.4 is 0 Å². The Morgan fingerprint density at radius 3 is 2.35 bits per heavy atom. The minimum atomic E-state index is -1.07. The van der Waals surface area contributed by atoms with Gasteiger partial charge in [-0.1, -0.05) is 31.0 Å². The van der Waals surface area contributed by atoms with E-state index in [0.717, 1.165) is 16.7 Å². The standard InChI is InChI=1S/C16H19NO3/c1-9(2)5-13-14(16(18)19)20-15(17-13)12-7-10(3)6-11(4)8-12/h6-9H,5H2,1-4H3,(H,18,19). The van der Waals surface area contributed by atoms with E-state index in [0.29, 0.717) is 23.9 Å². The van der Waals surface area contributed by atoms with Crippen molar-refractivity contribution in [1.29, 1.82) is 0 Å². The van der Waals surface area contributed by atoms with Gasteiger partial charge in [-0.15, -0.1) is 0 Å². The first-order valence-corrected chi connectivity index (χ1v) is 6.68. The van der Waals surface area contributed by atoms with Crippen LogP contribution in [0.25, 0.3) is 11.5 Å². The molecule has 0 amide bonds. The van der Waals surface area contributed by atoms with E-state index in [4.69, 9.17) is 4.42 Å². The van der Waals surface area contributed by atoms with Crippen molar-refractivity contribution < 1.29 is 14.3 Å². The van der Waals surface area contributed by atoms with Crippen LogP contribution in [0.15, 0.2) is 22.6 Å². The number of nitrogens with zero attached hydrogens (tertiary/aromatic N) is 1. The van der Waals surface area contributed by atoms with Crippen LogP contribution in [0.1, 0.15) is 41.2 Å². The van der Waals surface area contributed by atoms with Crippen molar-refractivity contribution in [2.75, 3.05) is 0 Å². The molecule has 0 fully saturated rings. The van der Waals surface area contributed by atoms with E-state index in [-0.39, 0.29) is 5.76 Å². The smallest absolute Gasteiger partial charge is 0.373 e. The highest BCUT2D eigenvalue weighted by atomic mass is 16.4. The van der Waals surface area contributed by atoms with Crippen LogP contribution in [0.3, 0.4) is 0 Å². The van der Waals surface area contributed by atoms with E-state index >= 15 is 0 Å². The number of aromatic nitrogens is 1. The summed E-state index contributed by atoms with van der Waals surface area (Å²) in [4.78, 5) is 15.6. The van der Waals surface area contributed by atoms with Gasteiger partial charge in [0.25, 0.3) is 0 Å². The molecule has 4 heteroatoms. The van der Waals surface area contributed by atoms with E-state index in [2.05, 4.69) is 11.1 Å². The molecule has 0 aliphatic carbocycles. The average Bonchev–Trinajstić information content (AvgIpc) is 2.70. The van der Waals surface area contributed by atoms with Gasteiger partial charge < -0.3 is 9.52 Å². The van der Waals surface area contributed by atoms with E-state index in [9.17, 15) is 9.90 Å². The van der Waals surface area contributed by atoms with Crippen molar-refractivity contribution in [2.24, 2.45) is 5.92 Å². The largest absolute Gasteiger partial charge is 0.475 e. The Labute approximate surface area is 118 Å². The zero-order valence-electron chi connectivity index (χ0n) is 12.2. The molecule has 106 valence electrons. The minimum Gasteiger partial charge on any atom is -0.475 e. The fraction of sp³-hybridized carbons (Fsp3) is 0.375. The van der Waals surface area contributed by atoms with Crippen molar-refractivity contribution in [3.63, 3.8) is 0 Å². The molecule has 2 aromatic rings. The first-order chi connectivity index (χ1) is 9.36. The number of oxazole rings is 1. The first-order valence-electron chi connectivity index (χ1n) is 6.68. The first kappa shape index (κ1) is 14.3. The second kappa shape index (κ2) is 5.49. The third kappa shape index (κ3) is 3.07. The van der Waals surface area contributed by atoms with Crippen LogP contribution in [0.4, 0.5) is 0 Å². The highest BCUT2D eigenvalue weighted by Gasteiger charge is 2.21. The van der Waals surface area contributed by atoms with Crippen LogP contribution in [0, 0.1) is 19.8 Å². The molecule has 1 aromatic carbocycles. The van der Waals surface area contributed by atoms with Gasteiger partial charge >= 0.3 is 5.97 Å². The summed E-state index contributed by atoms with van der Waals surface area (Å²) in [6, 6.07) is 5.95. The maximum absolute atomic E-state index is 11.2. The Hall–Kier alpha value is -2.10. The zero-order valence-corrected chi connectivity index (χ0v) is 12.2. The highest BCUT2D eigenvalue weighted by molar-refractivity contribution is 5.86. The van der Waals surface area contributed by atoms with Gasteiger partial charge in [-0.2, -0.15) is 0 Å². The molecule has 0 spiro atoms. The Kier molecular flexibility index (Phi) is 3.93. The van der Waals surface area contributed by atoms with Gasteiger partial charge in [0.2, 0.25) is 11.7 Å². The summed E-state index contributed by atoms with van der Waals surface area (Å²) in [6.07, 6.45) is 0.593. The molecule has 1 aromatic heterocycles. The lowest BCUT2D eigenvalue weighted by Gasteiger charge is -2.01. The summed E-state index contributed by atoms with van der Waals surface area (Å²) in [6.45, 7) is 8.03. The summed E-state index contributed by atoms with van der Waals surface area (Å²) in [5.41, 5.74) is 3.53. The summed E-state index contributed by atoms with van der Waals surface area (Å²) in [5.74, 6) is -0.410. The Balaban J connectivity index is 2.49. The van der Waals surface area contributed by atoms with Crippen LogP contribution in [-0.2, 0) is 6.42 Å². The van der Waals surface area contributed by atoms with Crippen molar-refractivity contribution in [2.45, 2.75) is 34.1 Å². The molecule has 0 saturated heterocycles. The summed E-state index contributed by atoms with van der Waals surface area (Å²) >= 11 is 0. The molecule has 20 heavy (non-hydrogen) atoms. The zero-order chi connectivity index (χ0) is 14.9. The summed E-state index contributed by atoms with van der Waals surface area (Å²) in [7, 11) is 0. The molecule has 0 saturated carbocycles. The van der Waals surface area contributed by atoms with Crippen molar-refractivity contribution in [3.05, 3.63) is 40.8 Å². The quantitative estimate of drug-likeness (QED) is 0.918. The van der Waals surface area contributed by atoms with E-state index in [1.54, 1.807) is 0 Å². The lowest BCUT2D eigenvalue weighted by molar-refractivity contribution is 0.0661. The third-order valence-electron chi connectivity index (χ3n) is 2.96. The van der Waals surface area contributed by atoms with Gasteiger partial charge in [0.15, 0.2) is 0 Å². The summed E-state index contributed by atoms with van der Waals surface area (Å²) < 4.78 is 5.46. The highest BCUT2D eigenvalue weighted by Crippen LogP contribution is 2.25. The second-order valence-electron chi connectivity index (χ2n) is 5.57. The van der Waals surface area contributed by atoms with Gasteiger partial charge in [-0.25, -0.2) is 9.78 Å². The molecule has 1 N–H and O–H groups in total. The number of aryl methyl sites for hydroxylation is 2. The Morgan fingerprint density at radius 2 is 1.85 bits per heavy atom. The number of rotatable bonds is 4. The van der Waals surface area contributed by atoms with Crippen LogP contribution >= 0.6 is 0 Å². The predicted molar refractivity (Wildman–Crippen MR) is 76.9 cm³/mol. The molecule has 0 aliphatic rings. The fourth-order valence-corrected chi connectivity index (χ4v) is 2.27. The normalized spacial score (nSPS) is 11.1. The molecule has 1 heterocycles. The lowest BCUT2D eigenvalue weighted by Crippen LogP contribution is -2.03. The monoisotopic (exact) mass is 273 g/mol. The van der Waals surface area contributed by atoms with Crippen molar-refractivity contribution in [3.8, 4) is 11.5 Å². The minimum absolute atomic E-state index is 0.0483. The molecule has 4 nitrogen and oxygen atoms in total.